The van der Waals surface area contributed by atoms with E-state index in [-0.39, 0.29) is 11.9 Å². The molecule has 6 nitrogen and oxygen atoms in total. The van der Waals surface area contributed by atoms with Gasteiger partial charge in [0.25, 0.3) is 0 Å². The summed E-state index contributed by atoms with van der Waals surface area (Å²) in [7, 11) is 1.63. The van der Waals surface area contributed by atoms with Gasteiger partial charge in [0.2, 0.25) is 11.8 Å². The van der Waals surface area contributed by atoms with Crippen molar-refractivity contribution in [1.82, 2.24) is 14.9 Å². The molecule has 0 radical (unpaired) electrons. The van der Waals surface area contributed by atoms with E-state index in [9.17, 15) is 4.79 Å². The minimum Gasteiger partial charge on any atom is -0.481 e. The molecule has 0 bridgehead atoms. The molecule has 2 atom stereocenters. The number of anilines is 1. The zero-order chi connectivity index (χ0) is 19.4. The highest BCUT2D eigenvalue weighted by Crippen LogP contribution is 2.29. The monoisotopic (exact) mass is 388 g/mol. The first-order chi connectivity index (χ1) is 13.0. The van der Waals surface area contributed by atoms with Crippen LogP contribution in [0.5, 0.6) is 5.88 Å². The van der Waals surface area contributed by atoms with Gasteiger partial charge in [0.1, 0.15) is 5.82 Å². The Hall–Kier alpha value is -2.18. The smallest absolute Gasteiger partial charge is 0.242 e. The Morgan fingerprint density at radius 1 is 1.37 bits per heavy atom. The number of piperidine rings is 1. The minimum absolute atomic E-state index is 0.0606. The van der Waals surface area contributed by atoms with E-state index in [1.165, 1.54) is 11.8 Å². The van der Waals surface area contributed by atoms with Gasteiger partial charge in [-0.05, 0) is 62.9 Å². The van der Waals surface area contributed by atoms with E-state index in [1.807, 2.05) is 20.0 Å². The summed E-state index contributed by atoms with van der Waals surface area (Å²) in [6, 6.07) is 5.32. The molecular formula is C20H25ClN4O2. The maximum Gasteiger partial charge on any atom is 0.242 e. The van der Waals surface area contributed by atoms with Crippen LogP contribution in [-0.4, -0.2) is 47.0 Å². The zero-order valence-electron chi connectivity index (χ0n) is 15.9. The molecule has 1 aliphatic heterocycles. The van der Waals surface area contributed by atoms with E-state index in [0.717, 1.165) is 31.5 Å². The molecule has 1 saturated heterocycles. The second-order valence-corrected chi connectivity index (χ2v) is 7.39. The van der Waals surface area contributed by atoms with Crippen LogP contribution in [0, 0.1) is 6.92 Å². The van der Waals surface area contributed by atoms with Gasteiger partial charge in [0.15, 0.2) is 0 Å². The van der Waals surface area contributed by atoms with Crippen molar-refractivity contribution in [2.45, 2.75) is 38.6 Å². The van der Waals surface area contributed by atoms with Crippen LogP contribution in [0.3, 0.4) is 0 Å². The number of pyridine rings is 2. The van der Waals surface area contributed by atoms with Crippen LogP contribution in [0.15, 0.2) is 30.6 Å². The molecule has 0 spiro atoms. The molecule has 1 fully saturated rings. The molecule has 2 unspecified atom stereocenters. The Morgan fingerprint density at radius 2 is 2.19 bits per heavy atom. The molecule has 1 N–H and O–H groups in total. The predicted molar refractivity (Wildman–Crippen MR) is 106 cm³/mol. The number of carbonyl (C=O) groups is 1. The molecule has 3 heterocycles. The lowest BCUT2D eigenvalue weighted by molar-refractivity contribution is -0.121. The van der Waals surface area contributed by atoms with Gasteiger partial charge in [-0.25, -0.2) is 9.97 Å². The van der Waals surface area contributed by atoms with E-state index < -0.39 is 0 Å². The number of rotatable bonds is 5. The normalized spacial score (nSPS) is 18.7. The van der Waals surface area contributed by atoms with Gasteiger partial charge in [-0.2, -0.15) is 0 Å². The van der Waals surface area contributed by atoms with Gasteiger partial charge in [-0.3, -0.25) is 9.69 Å². The fraction of sp³-hybridized carbons (Fsp3) is 0.450. The van der Waals surface area contributed by atoms with Crippen molar-refractivity contribution in [3.63, 3.8) is 0 Å². The molecule has 7 heteroatoms. The Bertz CT molecular complexity index is 797. The van der Waals surface area contributed by atoms with Gasteiger partial charge < -0.3 is 10.1 Å². The summed E-state index contributed by atoms with van der Waals surface area (Å²) in [5.41, 5.74) is 2.23. The molecule has 2 aromatic heterocycles. The highest BCUT2D eigenvalue weighted by molar-refractivity contribution is 6.30. The van der Waals surface area contributed by atoms with Crippen molar-refractivity contribution in [3.05, 3.63) is 46.7 Å². The molecule has 0 aliphatic carbocycles. The standard InChI is InChI=1S/C20H25ClN4O2/c1-13-9-16(10-23-20(13)27-3)15-5-4-8-25(12-15)14(2)19(26)24-18-7-6-17(21)11-22-18/h6-7,9-11,14-15H,4-5,8,12H2,1-3H3,(H,22,24,26). The molecule has 1 amide bonds. The van der Waals surface area contributed by atoms with E-state index >= 15 is 0 Å². The van der Waals surface area contributed by atoms with Crippen LogP contribution in [-0.2, 0) is 4.79 Å². The largest absolute Gasteiger partial charge is 0.481 e. The summed E-state index contributed by atoms with van der Waals surface area (Å²) in [5.74, 6) is 1.48. The van der Waals surface area contributed by atoms with Gasteiger partial charge >= 0.3 is 0 Å². The topological polar surface area (TPSA) is 67.3 Å². The Labute approximate surface area is 164 Å². The summed E-state index contributed by atoms with van der Waals surface area (Å²) >= 11 is 5.84. The van der Waals surface area contributed by atoms with Crippen molar-refractivity contribution in [2.75, 3.05) is 25.5 Å². The Kier molecular flexibility index (Phi) is 6.29. The van der Waals surface area contributed by atoms with Crippen molar-refractivity contribution in [1.29, 1.82) is 0 Å². The summed E-state index contributed by atoms with van der Waals surface area (Å²) in [4.78, 5) is 23.4. The van der Waals surface area contributed by atoms with E-state index in [2.05, 4.69) is 26.3 Å². The van der Waals surface area contributed by atoms with Gasteiger partial charge in [-0.15, -0.1) is 0 Å². The SMILES string of the molecule is COc1ncc(C2CCCN(C(C)C(=O)Nc3ccc(Cl)cn3)C2)cc1C. The summed E-state index contributed by atoms with van der Waals surface area (Å²) < 4.78 is 5.25. The molecular weight excluding hydrogens is 364 g/mol. The van der Waals surface area contributed by atoms with E-state index in [1.54, 1.807) is 19.2 Å². The zero-order valence-corrected chi connectivity index (χ0v) is 16.7. The van der Waals surface area contributed by atoms with Crippen LogP contribution >= 0.6 is 11.6 Å². The maximum absolute atomic E-state index is 12.6. The number of carbonyl (C=O) groups excluding carboxylic acids is 1. The summed E-state index contributed by atoms with van der Waals surface area (Å²) in [6.07, 6.45) is 5.56. The van der Waals surface area contributed by atoms with Crippen LogP contribution < -0.4 is 10.1 Å². The molecule has 2 aromatic rings. The van der Waals surface area contributed by atoms with Crippen molar-refractivity contribution < 1.29 is 9.53 Å². The number of hydrogen-bond acceptors (Lipinski definition) is 5. The summed E-state index contributed by atoms with van der Waals surface area (Å²) in [6.45, 7) is 5.67. The van der Waals surface area contributed by atoms with Crippen molar-refractivity contribution in [3.8, 4) is 5.88 Å². The number of aryl methyl sites for hydroxylation is 1. The van der Waals surface area contributed by atoms with Crippen LogP contribution in [0.4, 0.5) is 5.82 Å². The maximum atomic E-state index is 12.6. The first-order valence-corrected chi connectivity index (χ1v) is 9.52. The van der Waals surface area contributed by atoms with Crippen molar-refractivity contribution in [2.24, 2.45) is 0 Å². The van der Waals surface area contributed by atoms with Gasteiger partial charge in [0.05, 0.1) is 18.2 Å². The predicted octanol–water partition coefficient (Wildman–Crippen LogP) is 3.65. The molecule has 0 aromatic carbocycles. The number of nitrogens with zero attached hydrogens (tertiary/aromatic N) is 3. The molecule has 27 heavy (non-hydrogen) atoms. The third-order valence-electron chi connectivity index (χ3n) is 5.07. The molecule has 144 valence electrons. The number of likely N-dealkylation sites (tertiary alicyclic amines) is 1. The van der Waals surface area contributed by atoms with Crippen molar-refractivity contribution >= 4 is 23.3 Å². The number of amides is 1. The average molecular weight is 389 g/mol. The molecule has 0 saturated carbocycles. The van der Waals surface area contributed by atoms with E-state index in [0.29, 0.717) is 22.6 Å². The molecule has 1 aliphatic rings. The first kappa shape index (κ1) is 19.6. The number of methoxy groups -OCH3 is 1. The quantitative estimate of drug-likeness (QED) is 0.846. The minimum atomic E-state index is -0.238. The van der Waals surface area contributed by atoms with Crippen LogP contribution in [0.2, 0.25) is 5.02 Å². The second-order valence-electron chi connectivity index (χ2n) is 6.96. The lowest BCUT2D eigenvalue weighted by Crippen LogP contribution is -2.46. The number of nitrogens with one attached hydrogen (secondary N) is 1. The van der Waals surface area contributed by atoms with Crippen LogP contribution in [0.25, 0.3) is 0 Å². The van der Waals surface area contributed by atoms with Gasteiger partial charge in [0, 0.05) is 24.5 Å². The number of halogens is 1. The lowest BCUT2D eigenvalue weighted by atomic mass is 9.90. The Balaban J connectivity index is 1.65. The number of hydrogen-bond donors (Lipinski definition) is 1. The Morgan fingerprint density at radius 3 is 2.85 bits per heavy atom. The van der Waals surface area contributed by atoms with Gasteiger partial charge in [-0.1, -0.05) is 11.6 Å². The third-order valence-corrected chi connectivity index (χ3v) is 5.30. The lowest BCUT2D eigenvalue weighted by Gasteiger charge is -2.36. The first-order valence-electron chi connectivity index (χ1n) is 9.15. The third kappa shape index (κ3) is 4.76. The fourth-order valence-electron chi connectivity index (χ4n) is 3.50. The second kappa shape index (κ2) is 8.67. The van der Waals surface area contributed by atoms with Crippen LogP contribution in [0.1, 0.15) is 36.8 Å². The number of ether oxygens (including phenoxy) is 1. The fourth-order valence-corrected chi connectivity index (χ4v) is 3.61. The number of aromatic nitrogens is 2. The average Bonchev–Trinajstić information content (AvgIpc) is 2.69. The summed E-state index contributed by atoms with van der Waals surface area (Å²) in [5, 5.41) is 3.41. The highest BCUT2D eigenvalue weighted by Gasteiger charge is 2.28. The molecule has 3 rings (SSSR count). The van der Waals surface area contributed by atoms with E-state index in [4.69, 9.17) is 16.3 Å². The highest BCUT2D eigenvalue weighted by atomic mass is 35.5.